The van der Waals surface area contributed by atoms with Crippen LogP contribution in [-0.4, -0.2) is 34.2 Å². The van der Waals surface area contributed by atoms with Crippen molar-refractivity contribution in [3.8, 4) is 0 Å². The Morgan fingerprint density at radius 2 is 2.03 bits per heavy atom. The van der Waals surface area contributed by atoms with E-state index in [4.69, 9.17) is 0 Å². The zero-order valence-corrected chi connectivity index (χ0v) is 18.8. The number of thioether (sulfide) groups is 1. The van der Waals surface area contributed by atoms with Crippen LogP contribution in [0.3, 0.4) is 0 Å². The highest BCUT2D eigenvalue weighted by molar-refractivity contribution is 7.98. The molecule has 1 atom stereocenters. The van der Waals surface area contributed by atoms with E-state index in [-0.39, 0.29) is 17.9 Å². The summed E-state index contributed by atoms with van der Waals surface area (Å²) in [6, 6.07) is 12.1. The Labute approximate surface area is 184 Å². The molecule has 30 heavy (non-hydrogen) atoms. The fourth-order valence-electron chi connectivity index (χ4n) is 4.76. The third-order valence-electron chi connectivity index (χ3n) is 6.38. The number of aromatic nitrogens is 1. The van der Waals surface area contributed by atoms with Crippen molar-refractivity contribution in [3.63, 3.8) is 0 Å². The normalized spacial score (nSPS) is 21.9. The summed E-state index contributed by atoms with van der Waals surface area (Å²) in [7, 11) is 0. The van der Waals surface area contributed by atoms with E-state index in [0.29, 0.717) is 12.2 Å². The zero-order chi connectivity index (χ0) is 20.9. The summed E-state index contributed by atoms with van der Waals surface area (Å²) in [5.74, 6) is -0.187. The maximum absolute atomic E-state index is 13.8. The second-order valence-corrected chi connectivity index (χ2v) is 10.1. The third kappa shape index (κ3) is 3.06. The van der Waals surface area contributed by atoms with Gasteiger partial charge < -0.3 is 9.88 Å². The van der Waals surface area contributed by atoms with Gasteiger partial charge in [0.15, 0.2) is 0 Å². The summed E-state index contributed by atoms with van der Waals surface area (Å²) in [6.07, 6.45) is 6.35. The first-order valence-electron chi connectivity index (χ1n) is 10.4. The quantitative estimate of drug-likeness (QED) is 0.588. The Kier molecular flexibility index (Phi) is 4.90. The molecule has 3 heterocycles. The van der Waals surface area contributed by atoms with Crippen molar-refractivity contribution in [1.82, 2.24) is 9.88 Å². The SMILES string of the molecule is CSc1cccc(N2C(=O)c3cc4ccsc4n3C[C@@]2(C)C(=O)NC2CCCC2)c1. The minimum Gasteiger partial charge on any atom is -0.351 e. The molecule has 0 unspecified atom stereocenters. The molecule has 1 N–H and O–H groups in total. The molecule has 2 aliphatic rings. The van der Waals surface area contributed by atoms with Gasteiger partial charge in [-0.3, -0.25) is 14.5 Å². The number of nitrogens with one attached hydrogen (secondary N) is 1. The van der Waals surface area contributed by atoms with Gasteiger partial charge in [-0.05, 0) is 61.7 Å². The Hall–Kier alpha value is -2.25. The van der Waals surface area contributed by atoms with E-state index in [0.717, 1.165) is 46.5 Å². The summed E-state index contributed by atoms with van der Waals surface area (Å²) in [5, 5.41) is 6.35. The lowest BCUT2D eigenvalue weighted by atomic mass is 9.93. The lowest BCUT2D eigenvalue weighted by molar-refractivity contribution is -0.127. The highest BCUT2D eigenvalue weighted by Crippen LogP contribution is 2.38. The molecule has 2 aromatic heterocycles. The number of carbonyl (C=O) groups excluding carboxylic acids is 2. The second kappa shape index (κ2) is 7.46. The molecule has 0 bridgehead atoms. The molecule has 0 radical (unpaired) electrons. The number of carbonyl (C=O) groups is 2. The van der Waals surface area contributed by atoms with Crippen molar-refractivity contribution < 1.29 is 9.59 Å². The molecule has 0 saturated heterocycles. The molecule has 1 fully saturated rings. The zero-order valence-electron chi connectivity index (χ0n) is 17.2. The highest BCUT2D eigenvalue weighted by atomic mass is 32.2. The topological polar surface area (TPSA) is 54.3 Å². The average Bonchev–Trinajstić information content (AvgIpc) is 3.47. The molecular formula is C23H25N3O2S2. The van der Waals surface area contributed by atoms with Crippen LogP contribution < -0.4 is 10.2 Å². The van der Waals surface area contributed by atoms with E-state index >= 15 is 0 Å². The summed E-state index contributed by atoms with van der Waals surface area (Å²) >= 11 is 3.25. The summed E-state index contributed by atoms with van der Waals surface area (Å²) in [5.41, 5.74) is 0.420. The van der Waals surface area contributed by atoms with Crippen molar-refractivity contribution in [2.45, 2.75) is 55.6 Å². The van der Waals surface area contributed by atoms with Gasteiger partial charge in [0.1, 0.15) is 16.1 Å². The van der Waals surface area contributed by atoms with Crippen LogP contribution in [0.15, 0.2) is 46.7 Å². The highest BCUT2D eigenvalue weighted by Gasteiger charge is 2.49. The molecule has 1 aliphatic carbocycles. The number of nitrogens with zero attached hydrogens (tertiary/aromatic N) is 2. The van der Waals surface area contributed by atoms with Gasteiger partial charge in [0.05, 0.1) is 6.54 Å². The van der Waals surface area contributed by atoms with E-state index in [2.05, 4.69) is 5.32 Å². The van der Waals surface area contributed by atoms with Crippen molar-refractivity contribution >= 4 is 50.8 Å². The van der Waals surface area contributed by atoms with Crippen LogP contribution in [-0.2, 0) is 11.3 Å². The van der Waals surface area contributed by atoms with Crippen LogP contribution in [0.25, 0.3) is 10.2 Å². The molecular weight excluding hydrogens is 414 g/mol. The van der Waals surface area contributed by atoms with Gasteiger partial charge in [-0.1, -0.05) is 18.9 Å². The summed E-state index contributed by atoms with van der Waals surface area (Å²) in [4.78, 5) is 31.3. The van der Waals surface area contributed by atoms with E-state index in [9.17, 15) is 9.59 Å². The van der Waals surface area contributed by atoms with Gasteiger partial charge in [-0.25, -0.2) is 0 Å². The summed E-state index contributed by atoms with van der Waals surface area (Å²) < 4.78 is 2.03. The molecule has 2 amide bonds. The summed E-state index contributed by atoms with van der Waals surface area (Å²) in [6.45, 7) is 2.35. The van der Waals surface area contributed by atoms with E-state index in [1.165, 1.54) is 0 Å². The number of fused-ring (bicyclic) bond motifs is 3. The number of hydrogen-bond acceptors (Lipinski definition) is 4. The first-order chi connectivity index (χ1) is 14.5. The predicted octanol–water partition coefficient (Wildman–Crippen LogP) is 4.90. The van der Waals surface area contributed by atoms with E-state index in [1.807, 2.05) is 59.5 Å². The lowest BCUT2D eigenvalue weighted by Gasteiger charge is -2.44. The fourth-order valence-corrected chi connectivity index (χ4v) is 6.11. The van der Waals surface area contributed by atoms with Gasteiger partial charge in [0.2, 0.25) is 5.91 Å². The molecule has 156 valence electrons. The molecule has 1 saturated carbocycles. The second-order valence-electron chi connectivity index (χ2n) is 8.37. The van der Waals surface area contributed by atoms with Crippen LogP contribution >= 0.6 is 23.1 Å². The van der Waals surface area contributed by atoms with Crippen LogP contribution in [0.2, 0.25) is 0 Å². The number of hydrogen-bond donors (Lipinski definition) is 1. The molecule has 7 heteroatoms. The van der Waals surface area contributed by atoms with Crippen molar-refractivity contribution in [3.05, 3.63) is 47.5 Å². The van der Waals surface area contributed by atoms with E-state index in [1.54, 1.807) is 28.0 Å². The monoisotopic (exact) mass is 439 g/mol. The Morgan fingerprint density at radius 3 is 2.80 bits per heavy atom. The lowest BCUT2D eigenvalue weighted by Crippen LogP contribution is -2.65. The maximum atomic E-state index is 13.8. The third-order valence-corrected chi connectivity index (χ3v) is 8.05. The number of rotatable bonds is 4. The number of thiophene rings is 1. The van der Waals surface area contributed by atoms with Gasteiger partial charge in [-0.2, -0.15) is 0 Å². The van der Waals surface area contributed by atoms with Crippen LogP contribution in [0.1, 0.15) is 43.1 Å². The number of benzene rings is 1. The Bertz CT molecular complexity index is 1130. The molecule has 5 nitrogen and oxygen atoms in total. The fraction of sp³-hybridized carbons (Fsp3) is 0.391. The number of anilines is 1. The number of amides is 2. The molecule has 1 aromatic carbocycles. The van der Waals surface area contributed by atoms with Gasteiger partial charge in [-0.15, -0.1) is 23.1 Å². The first-order valence-corrected chi connectivity index (χ1v) is 12.5. The van der Waals surface area contributed by atoms with Crippen LogP contribution in [0, 0.1) is 0 Å². The van der Waals surface area contributed by atoms with Crippen molar-refractivity contribution in [2.24, 2.45) is 0 Å². The first kappa shape index (κ1) is 19.7. The van der Waals surface area contributed by atoms with Crippen molar-refractivity contribution in [2.75, 3.05) is 11.2 Å². The minimum absolute atomic E-state index is 0.0682. The molecule has 5 rings (SSSR count). The maximum Gasteiger partial charge on any atom is 0.275 e. The van der Waals surface area contributed by atoms with Crippen LogP contribution in [0.5, 0.6) is 0 Å². The van der Waals surface area contributed by atoms with E-state index < -0.39 is 5.54 Å². The standard InChI is InChI=1S/C23H25N3O2S2/c1-23(22(28)24-16-6-3-4-7-16)14-25-19(12-15-10-11-30-21(15)25)20(27)26(23)17-8-5-9-18(13-17)29-2/h5,8-13,16H,3-4,6-7,14H2,1-2H3,(H,24,28)/t23-/m0/s1. The Balaban J connectivity index is 1.63. The largest absolute Gasteiger partial charge is 0.351 e. The van der Waals surface area contributed by atoms with Gasteiger partial charge in [0, 0.05) is 22.0 Å². The predicted molar refractivity (Wildman–Crippen MR) is 124 cm³/mol. The van der Waals surface area contributed by atoms with Crippen LogP contribution in [0.4, 0.5) is 5.69 Å². The Morgan fingerprint density at radius 1 is 1.23 bits per heavy atom. The minimum atomic E-state index is -1.00. The van der Waals surface area contributed by atoms with Gasteiger partial charge in [0.25, 0.3) is 5.91 Å². The smallest absolute Gasteiger partial charge is 0.275 e. The average molecular weight is 440 g/mol. The molecule has 0 spiro atoms. The van der Waals surface area contributed by atoms with Crippen molar-refractivity contribution in [1.29, 1.82) is 0 Å². The molecule has 1 aliphatic heterocycles. The molecule has 3 aromatic rings. The van der Waals surface area contributed by atoms with Gasteiger partial charge >= 0.3 is 0 Å².